The van der Waals surface area contributed by atoms with Gasteiger partial charge >= 0.3 is 11.9 Å². The van der Waals surface area contributed by atoms with Gasteiger partial charge in [0.1, 0.15) is 17.4 Å². The van der Waals surface area contributed by atoms with Gasteiger partial charge in [-0.1, -0.05) is 63.6 Å². The van der Waals surface area contributed by atoms with E-state index in [9.17, 15) is 39.8 Å². The number of ether oxygens (including phenoxy) is 3. The normalized spacial score (nSPS) is 44.9. The second-order valence-corrected chi connectivity index (χ2v) is 17.8. The number of hydroxylamine groups is 1. The fourth-order valence-electron chi connectivity index (χ4n) is 11.0. The molecule has 4 unspecified atom stereocenters. The van der Waals surface area contributed by atoms with Gasteiger partial charge in [-0.15, -0.1) is 5.48 Å². The van der Waals surface area contributed by atoms with Crippen LogP contribution in [-0.2, 0) is 33.4 Å². The second kappa shape index (κ2) is 15.2. The van der Waals surface area contributed by atoms with Crippen LogP contribution in [-0.4, -0.2) is 86.4 Å². The highest BCUT2D eigenvalue weighted by Gasteiger charge is 2.63. The first-order valence-corrected chi connectivity index (χ1v) is 19.8. The van der Waals surface area contributed by atoms with Gasteiger partial charge in [-0.2, -0.15) is 0 Å². The summed E-state index contributed by atoms with van der Waals surface area (Å²) in [4.78, 5) is 57.8. The Morgan fingerprint density at radius 1 is 1.07 bits per heavy atom. The molecular weight excluding hydrogens is 724 g/mol. The van der Waals surface area contributed by atoms with Crippen LogP contribution >= 0.6 is 0 Å². The van der Waals surface area contributed by atoms with Crippen LogP contribution in [0.15, 0.2) is 58.4 Å². The Labute approximate surface area is 328 Å². The highest BCUT2D eigenvalue weighted by molar-refractivity contribution is 6.26. The molecule has 4 N–H and O–H groups in total. The van der Waals surface area contributed by atoms with Crippen molar-refractivity contribution in [2.75, 3.05) is 6.61 Å². The molecule has 14 nitrogen and oxygen atoms in total. The SMILES string of the molecule is CC(=O)ONC1C(C)OC(O[C@H]2C/C=C(\C)[C@@H]3C=C[C@@H]4[C@@H](O)[C@@H](C)C[C@H](C)[C@H]4[C@]3(C)C(O)=C3C(=O)O[C@]4(C[C@@H](C)C(CO)=C[C@H]4C=C2C)C3=O)CC1(C)[N+](=O)[O-]. The van der Waals surface area contributed by atoms with Crippen molar-refractivity contribution in [3.63, 3.8) is 0 Å². The van der Waals surface area contributed by atoms with E-state index in [1.54, 1.807) is 19.1 Å². The number of hydrogen-bond acceptors (Lipinski definition) is 13. The number of nitro groups is 1. The van der Waals surface area contributed by atoms with Crippen molar-refractivity contribution < 1.29 is 53.7 Å². The van der Waals surface area contributed by atoms with Crippen LogP contribution < -0.4 is 5.48 Å². The zero-order valence-electron chi connectivity index (χ0n) is 33.8. The van der Waals surface area contributed by atoms with Crippen molar-refractivity contribution in [3.8, 4) is 0 Å². The molecule has 3 fully saturated rings. The Kier molecular flexibility index (Phi) is 11.4. The average molecular weight is 783 g/mol. The molecule has 6 rings (SSSR count). The quantitative estimate of drug-likeness (QED) is 0.0924. The van der Waals surface area contributed by atoms with Crippen LogP contribution in [0.25, 0.3) is 0 Å². The Bertz CT molecular complexity index is 1800. The van der Waals surface area contributed by atoms with Crippen LogP contribution in [0.1, 0.15) is 88.0 Å². The number of aliphatic hydroxyl groups excluding tert-OH is 3. The van der Waals surface area contributed by atoms with Gasteiger partial charge in [-0.25, -0.2) is 4.79 Å². The van der Waals surface area contributed by atoms with E-state index in [0.717, 1.165) is 5.57 Å². The number of rotatable bonds is 6. The van der Waals surface area contributed by atoms with Gasteiger partial charge in [-0.3, -0.25) is 19.7 Å². The summed E-state index contributed by atoms with van der Waals surface area (Å²) < 4.78 is 19.0. The van der Waals surface area contributed by atoms with E-state index in [1.165, 1.54) is 13.8 Å². The lowest BCUT2D eigenvalue weighted by atomic mass is 9.49. The molecule has 56 heavy (non-hydrogen) atoms. The number of esters is 1. The summed E-state index contributed by atoms with van der Waals surface area (Å²) in [7, 11) is 0. The molecule has 0 radical (unpaired) electrons. The fourth-order valence-corrected chi connectivity index (χ4v) is 11.0. The zero-order chi connectivity index (χ0) is 41.2. The van der Waals surface area contributed by atoms with E-state index in [0.29, 0.717) is 17.6 Å². The molecule has 1 spiro atoms. The minimum absolute atomic E-state index is 0.00145. The van der Waals surface area contributed by atoms with Crippen LogP contribution in [0, 0.1) is 57.0 Å². The zero-order valence-corrected chi connectivity index (χ0v) is 33.8. The number of ketones is 1. The predicted octanol–water partition coefficient (Wildman–Crippen LogP) is 4.99. The molecule has 6 aliphatic rings. The number of carbonyl (C=O) groups is 3. The molecule has 2 heterocycles. The van der Waals surface area contributed by atoms with E-state index < -0.39 is 81.7 Å². The van der Waals surface area contributed by atoms with E-state index in [-0.39, 0.29) is 66.8 Å². The molecule has 2 saturated heterocycles. The molecule has 0 aromatic heterocycles. The van der Waals surface area contributed by atoms with E-state index >= 15 is 0 Å². The molecule has 0 amide bonds. The smallest absolute Gasteiger partial charge is 0.346 e. The second-order valence-electron chi connectivity index (χ2n) is 17.8. The fraction of sp³-hybridized carbons (Fsp3) is 0.690. The molecule has 308 valence electrons. The average Bonchev–Trinajstić information content (AvgIpc) is 3.36. The van der Waals surface area contributed by atoms with Gasteiger partial charge in [0, 0.05) is 48.4 Å². The van der Waals surface area contributed by atoms with Gasteiger partial charge in [0.05, 0.1) is 31.3 Å². The highest BCUT2D eigenvalue weighted by atomic mass is 16.7. The molecule has 15 atom stereocenters. The number of nitrogens with zero attached hydrogens (tertiary/aromatic N) is 1. The maximum absolute atomic E-state index is 15.0. The van der Waals surface area contributed by atoms with Crippen LogP contribution in [0.5, 0.6) is 0 Å². The molecule has 2 aliphatic heterocycles. The van der Waals surface area contributed by atoms with Crippen LogP contribution in [0.2, 0.25) is 0 Å². The predicted molar refractivity (Wildman–Crippen MR) is 203 cm³/mol. The highest BCUT2D eigenvalue weighted by Crippen LogP contribution is 2.60. The summed E-state index contributed by atoms with van der Waals surface area (Å²) >= 11 is 0. The number of fused-ring (bicyclic) bond motifs is 4. The summed E-state index contributed by atoms with van der Waals surface area (Å²) in [5, 5.41) is 47.0. The molecule has 1 saturated carbocycles. The van der Waals surface area contributed by atoms with Crippen molar-refractivity contribution in [3.05, 3.63) is 68.5 Å². The topological polar surface area (TPSA) is 204 Å². The number of hydrogen-bond donors (Lipinski definition) is 4. The Balaban J connectivity index is 1.50. The largest absolute Gasteiger partial charge is 0.511 e. The maximum atomic E-state index is 15.0. The first-order valence-electron chi connectivity index (χ1n) is 19.8. The number of carbonyl (C=O) groups excluding carboxylic acids is 3. The summed E-state index contributed by atoms with van der Waals surface area (Å²) in [6.45, 7) is 15.5. The standard InChI is InChI=1S/C42H58N2O12/c1-20-10-13-31(54-32-18-40(8,44(51)52)36(25(6)53-32)43-56-26(7)46)21(2)15-28-16-27(19-45)24(5)17-42(28)38(49)33(39(50)55-42)37(48)41(9)30(20)12-11-29-34(41)22(3)14-23(4)35(29)47/h10-12,15-16,22-25,28-32,34-36,43,45,47-48H,13-14,17-19H2,1-9H3/b20-10+,21-15?,37-33?/t22-,23-,24+,25?,28+,29-,30-,31-,32?,34+,35-,36?,40?,41+,42-/m0/s1. The van der Waals surface area contributed by atoms with Crippen molar-refractivity contribution in [1.29, 1.82) is 0 Å². The van der Waals surface area contributed by atoms with Gasteiger partial charge in [0.25, 0.3) is 0 Å². The Morgan fingerprint density at radius 3 is 2.41 bits per heavy atom. The minimum Gasteiger partial charge on any atom is -0.511 e. The van der Waals surface area contributed by atoms with Gasteiger partial charge in [0.15, 0.2) is 11.9 Å². The monoisotopic (exact) mass is 782 g/mol. The van der Waals surface area contributed by atoms with Crippen molar-refractivity contribution >= 4 is 17.7 Å². The maximum Gasteiger partial charge on any atom is 0.346 e. The van der Waals surface area contributed by atoms with Crippen molar-refractivity contribution in [2.45, 2.75) is 130 Å². The third kappa shape index (κ3) is 6.78. The Morgan fingerprint density at radius 2 is 1.77 bits per heavy atom. The van der Waals surface area contributed by atoms with E-state index in [2.05, 4.69) is 12.4 Å². The summed E-state index contributed by atoms with van der Waals surface area (Å²) in [6, 6.07) is -0.994. The van der Waals surface area contributed by atoms with E-state index in [1.807, 2.05) is 52.8 Å². The van der Waals surface area contributed by atoms with Crippen molar-refractivity contribution in [2.24, 2.45) is 46.8 Å². The summed E-state index contributed by atoms with van der Waals surface area (Å²) in [6.07, 6.45) is 6.97. The number of nitrogens with one attached hydrogen (secondary N) is 1. The summed E-state index contributed by atoms with van der Waals surface area (Å²) in [5.74, 6) is -4.92. The van der Waals surface area contributed by atoms with Crippen LogP contribution in [0.4, 0.5) is 0 Å². The molecular formula is C42H58N2O12. The molecule has 4 aliphatic carbocycles. The van der Waals surface area contributed by atoms with Crippen molar-refractivity contribution in [1.82, 2.24) is 5.48 Å². The van der Waals surface area contributed by atoms with Gasteiger partial charge in [-0.05, 0) is 68.4 Å². The lowest BCUT2D eigenvalue weighted by Gasteiger charge is -2.55. The summed E-state index contributed by atoms with van der Waals surface area (Å²) in [5.41, 5.74) is -0.326. The first-order chi connectivity index (χ1) is 26.2. The lowest BCUT2D eigenvalue weighted by molar-refractivity contribution is -0.587. The molecule has 14 heteroatoms. The van der Waals surface area contributed by atoms with Gasteiger partial charge in [0.2, 0.25) is 11.3 Å². The van der Waals surface area contributed by atoms with E-state index in [4.69, 9.17) is 19.0 Å². The molecule has 2 bridgehead atoms. The number of Topliss-reactive ketones (excluding diaryl/α,β-unsaturated/α-hetero) is 1. The minimum atomic E-state index is -1.72. The van der Waals surface area contributed by atoms with Crippen LogP contribution in [0.3, 0.4) is 0 Å². The molecule has 0 aromatic rings. The first kappa shape index (κ1) is 41.9. The Hall–Kier alpha value is -3.69. The third-order valence-corrected chi connectivity index (χ3v) is 14.1. The number of aliphatic hydroxyl groups is 3. The third-order valence-electron chi connectivity index (χ3n) is 14.1. The number of allylic oxidation sites excluding steroid dienone is 3. The molecule has 0 aromatic carbocycles. The van der Waals surface area contributed by atoms with Gasteiger partial charge < -0.3 is 34.4 Å². The lowest BCUT2D eigenvalue weighted by Crippen LogP contribution is -2.65.